The van der Waals surface area contributed by atoms with Crippen LogP contribution in [0.5, 0.6) is 0 Å². The van der Waals surface area contributed by atoms with E-state index in [1.807, 2.05) is 21.0 Å². The lowest BCUT2D eigenvalue weighted by Gasteiger charge is -2.34. The highest BCUT2D eigenvalue weighted by atomic mass is 35.5. The Hall–Kier alpha value is -1.03. The molecule has 1 aliphatic carbocycles. The second-order valence-corrected chi connectivity index (χ2v) is 5.65. The minimum atomic E-state index is 0.0261. The van der Waals surface area contributed by atoms with Crippen LogP contribution in [0.25, 0.3) is 0 Å². The second kappa shape index (κ2) is 5.31. The SMILES string of the molecule is Cc1nn(C)cc1C(=O)N(C)C1CCCCC1Cl. The third-order valence-corrected chi connectivity index (χ3v) is 4.22. The number of hydrogen-bond donors (Lipinski definition) is 0. The van der Waals surface area contributed by atoms with Gasteiger partial charge in [0.1, 0.15) is 0 Å². The Balaban J connectivity index is 2.15. The zero-order chi connectivity index (χ0) is 13.3. The zero-order valence-corrected chi connectivity index (χ0v) is 11.9. The highest BCUT2D eigenvalue weighted by Gasteiger charge is 2.30. The Morgan fingerprint density at radius 1 is 1.50 bits per heavy atom. The van der Waals surface area contributed by atoms with E-state index in [-0.39, 0.29) is 17.3 Å². The molecule has 0 spiro atoms. The normalized spacial score (nSPS) is 24.0. The smallest absolute Gasteiger partial charge is 0.257 e. The topological polar surface area (TPSA) is 38.1 Å². The standard InChI is InChI=1S/C13H20ClN3O/c1-9-10(8-16(2)15-9)13(18)17(3)12-7-5-4-6-11(12)14/h8,11-12H,4-7H2,1-3H3. The molecule has 0 aliphatic heterocycles. The minimum Gasteiger partial charge on any atom is -0.337 e. The van der Waals surface area contributed by atoms with Crippen LogP contribution in [0.2, 0.25) is 0 Å². The molecule has 0 aromatic carbocycles. The Bertz CT molecular complexity index is 443. The fourth-order valence-corrected chi connectivity index (χ4v) is 3.10. The molecule has 100 valence electrons. The Morgan fingerprint density at radius 3 is 2.72 bits per heavy atom. The van der Waals surface area contributed by atoms with Crippen LogP contribution in [0.1, 0.15) is 41.7 Å². The summed E-state index contributed by atoms with van der Waals surface area (Å²) in [5.41, 5.74) is 1.45. The van der Waals surface area contributed by atoms with Gasteiger partial charge in [-0.2, -0.15) is 5.10 Å². The van der Waals surface area contributed by atoms with E-state index in [1.54, 1.807) is 15.8 Å². The summed E-state index contributed by atoms with van der Waals surface area (Å²) in [4.78, 5) is 14.2. The number of halogens is 1. The van der Waals surface area contributed by atoms with Gasteiger partial charge in [-0.05, 0) is 19.8 Å². The number of amides is 1. The molecule has 1 aromatic heterocycles. The number of alkyl halides is 1. The van der Waals surface area contributed by atoms with Crippen molar-refractivity contribution in [3.63, 3.8) is 0 Å². The quantitative estimate of drug-likeness (QED) is 0.773. The van der Waals surface area contributed by atoms with Crippen molar-refractivity contribution in [3.05, 3.63) is 17.5 Å². The average Bonchev–Trinajstić information content (AvgIpc) is 2.67. The summed E-state index contributed by atoms with van der Waals surface area (Å²) in [6, 6.07) is 0.146. The summed E-state index contributed by atoms with van der Waals surface area (Å²) < 4.78 is 1.68. The predicted octanol–water partition coefficient (Wildman–Crippen LogP) is 2.35. The van der Waals surface area contributed by atoms with E-state index in [1.165, 1.54) is 6.42 Å². The zero-order valence-electron chi connectivity index (χ0n) is 11.2. The van der Waals surface area contributed by atoms with Gasteiger partial charge in [-0.15, -0.1) is 11.6 Å². The average molecular weight is 270 g/mol. The number of carbonyl (C=O) groups excluding carboxylic acids is 1. The van der Waals surface area contributed by atoms with Gasteiger partial charge in [0.2, 0.25) is 0 Å². The van der Waals surface area contributed by atoms with Crippen LogP contribution in [0.4, 0.5) is 0 Å². The molecule has 0 bridgehead atoms. The van der Waals surface area contributed by atoms with E-state index < -0.39 is 0 Å². The summed E-state index contributed by atoms with van der Waals surface area (Å²) in [6.45, 7) is 1.86. The number of hydrogen-bond acceptors (Lipinski definition) is 2. The molecule has 0 radical (unpaired) electrons. The molecule has 2 atom stereocenters. The number of rotatable bonds is 2. The first-order chi connectivity index (χ1) is 8.50. The van der Waals surface area contributed by atoms with Crippen molar-refractivity contribution < 1.29 is 4.79 Å². The van der Waals surface area contributed by atoms with Crippen molar-refractivity contribution in [1.82, 2.24) is 14.7 Å². The minimum absolute atomic E-state index is 0.0261. The van der Waals surface area contributed by atoms with Crippen molar-refractivity contribution in [2.24, 2.45) is 7.05 Å². The van der Waals surface area contributed by atoms with E-state index in [0.717, 1.165) is 25.0 Å². The molecule has 0 N–H and O–H groups in total. The molecule has 2 unspecified atom stereocenters. The monoisotopic (exact) mass is 269 g/mol. The molecule has 1 aromatic rings. The van der Waals surface area contributed by atoms with Crippen molar-refractivity contribution in [1.29, 1.82) is 0 Å². The molecule has 1 heterocycles. The van der Waals surface area contributed by atoms with Crippen LogP contribution < -0.4 is 0 Å². The molecule has 1 amide bonds. The lowest BCUT2D eigenvalue weighted by atomic mass is 9.93. The van der Waals surface area contributed by atoms with Crippen molar-refractivity contribution in [3.8, 4) is 0 Å². The molecule has 5 heteroatoms. The van der Waals surface area contributed by atoms with E-state index in [9.17, 15) is 4.79 Å². The fourth-order valence-electron chi connectivity index (χ4n) is 2.65. The fraction of sp³-hybridized carbons (Fsp3) is 0.692. The van der Waals surface area contributed by atoms with Gasteiger partial charge >= 0.3 is 0 Å². The van der Waals surface area contributed by atoms with Crippen LogP contribution >= 0.6 is 11.6 Å². The summed E-state index contributed by atoms with van der Waals surface area (Å²) in [7, 11) is 3.68. The van der Waals surface area contributed by atoms with E-state index in [4.69, 9.17) is 11.6 Å². The maximum Gasteiger partial charge on any atom is 0.257 e. The van der Waals surface area contributed by atoms with Gasteiger partial charge in [0.25, 0.3) is 5.91 Å². The van der Waals surface area contributed by atoms with Crippen molar-refractivity contribution in [2.45, 2.75) is 44.0 Å². The molecule has 4 nitrogen and oxygen atoms in total. The first-order valence-corrected chi connectivity index (χ1v) is 6.86. The Labute approximate surface area is 113 Å². The Morgan fingerprint density at radius 2 is 2.17 bits per heavy atom. The van der Waals surface area contributed by atoms with Gasteiger partial charge in [-0.25, -0.2) is 0 Å². The van der Waals surface area contributed by atoms with Crippen molar-refractivity contribution >= 4 is 17.5 Å². The van der Waals surface area contributed by atoms with Gasteiger partial charge in [-0.3, -0.25) is 9.48 Å². The van der Waals surface area contributed by atoms with Crippen LogP contribution in [-0.2, 0) is 7.05 Å². The van der Waals surface area contributed by atoms with Crippen LogP contribution in [0.15, 0.2) is 6.20 Å². The maximum atomic E-state index is 12.4. The van der Waals surface area contributed by atoms with Crippen molar-refractivity contribution in [2.75, 3.05) is 7.05 Å². The number of aryl methyl sites for hydroxylation is 2. The van der Waals surface area contributed by atoms with E-state index >= 15 is 0 Å². The number of aromatic nitrogens is 2. The lowest BCUT2D eigenvalue weighted by molar-refractivity contribution is 0.0699. The molecule has 1 saturated carbocycles. The lowest BCUT2D eigenvalue weighted by Crippen LogP contribution is -2.44. The van der Waals surface area contributed by atoms with Gasteiger partial charge in [0.05, 0.1) is 16.6 Å². The molecule has 18 heavy (non-hydrogen) atoms. The first kappa shape index (κ1) is 13.4. The first-order valence-electron chi connectivity index (χ1n) is 6.42. The van der Waals surface area contributed by atoms with Gasteiger partial charge in [-0.1, -0.05) is 12.8 Å². The van der Waals surface area contributed by atoms with Gasteiger partial charge in [0, 0.05) is 26.3 Å². The molecule has 0 saturated heterocycles. The maximum absolute atomic E-state index is 12.4. The molecule has 2 rings (SSSR count). The summed E-state index contributed by atoms with van der Waals surface area (Å²) in [5.74, 6) is 0.0261. The van der Waals surface area contributed by atoms with Crippen LogP contribution in [-0.4, -0.2) is 39.1 Å². The van der Waals surface area contributed by atoms with Gasteiger partial charge < -0.3 is 4.90 Å². The predicted molar refractivity (Wildman–Crippen MR) is 71.9 cm³/mol. The largest absolute Gasteiger partial charge is 0.337 e. The van der Waals surface area contributed by atoms with E-state index in [0.29, 0.717) is 5.56 Å². The number of carbonyl (C=O) groups is 1. The highest BCUT2D eigenvalue weighted by molar-refractivity contribution is 6.21. The van der Waals surface area contributed by atoms with Crippen LogP contribution in [0, 0.1) is 6.92 Å². The second-order valence-electron chi connectivity index (χ2n) is 5.09. The molecular weight excluding hydrogens is 250 g/mol. The molecule has 1 aliphatic rings. The number of nitrogens with zero attached hydrogens (tertiary/aromatic N) is 3. The highest BCUT2D eigenvalue weighted by Crippen LogP contribution is 2.27. The molecule has 1 fully saturated rings. The summed E-state index contributed by atoms with van der Waals surface area (Å²) in [5, 5.41) is 4.29. The summed E-state index contributed by atoms with van der Waals surface area (Å²) in [6.07, 6.45) is 6.09. The Kier molecular flexibility index (Phi) is 3.95. The third kappa shape index (κ3) is 2.53. The van der Waals surface area contributed by atoms with Crippen LogP contribution in [0.3, 0.4) is 0 Å². The molecular formula is C13H20ClN3O. The third-order valence-electron chi connectivity index (χ3n) is 3.71. The van der Waals surface area contributed by atoms with Gasteiger partial charge in [0.15, 0.2) is 0 Å². The van der Waals surface area contributed by atoms with E-state index in [2.05, 4.69) is 5.10 Å². The summed E-state index contributed by atoms with van der Waals surface area (Å²) >= 11 is 6.34.